The molecule has 1 heterocycles. The van der Waals surface area contributed by atoms with Crippen LogP contribution in [-0.4, -0.2) is 22.8 Å². The maximum Gasteiger partial charge on any atom is 0.295 e. The summed E-state index contributed by atoms with van der Waals surface area (Å²) in [6.07, 6.45) is 0. The molecule has 0 amide bonds. The molecule has 10 heteroatoms. The Morgan fingerprint density at radius 3 is 2.22 bits per heavy atom. The minimum atomic E-state index is -4.08. The Morgan fingerprint density at radius 1 is 1.15 bits per heavy atom. The van der Waals surface area contributed by atoms with E-state index in [0.717, 1.165) is 5.82 Å². The van der Waals surface area contributed by atoms with Crippen molar-refractivity contribution in [2.75, 3.05) is 11.6 Å². The lowest BCUT2D eigenvalue weighted by Gasteiger charge is -1.99. The molecule has 1 aromatic heterocycles. The van der Waals surface area contributed by atoms with E-state index in [1.54, 1.807) is 22.9 Å². The first kappa shape index (κ1) is 20.3. The molecule has 0 fully saturated rings. The van der Waals surface area contributed by atoms with Crippen LogP contribution < -0.4 is 16.3 Å². The molecule has 0 aliphatic heterocycles. The number of nitrogens with zero attached hydrogens (tertiary/aromatic N) is 3. The number of hydrogen-bond acceptors (Lipinski definition) is 5. The summed E-state index contributed by atoms with van der Waals surface area (Å²) >= 11 is 0. The van der Waals surface area contributed by atoms with Crippen molar-refractivity contribution < 1.29 is 22.0 Å². The van der Waals surface area contributed by atoms with Gasteiger partial charge in [-0.3, -0.25) is 10.4 Å². The normalized spacial score (nSPS) is 11.0. The molecule has 0 radical (unpaired) electrons. The third-order valence-corrected chi connectivity index (χ3v) is 4.66. The summed E-state index contributed by atoms with van der Waals surface area (Å²) in [4.78, 5) is -0.147. The van der Waals surface area contributed by atoms with Gasteiger partial charge in [0.15, 0.2) is 0 Å². The number of aromatic nitrogens is 3. The summed E-state index contributed by atoms with van der Waals surface area (Å²) < 4.78 is 46.0. The second-order valence-electron chi connectivity index (χ2n) is 5.76. The van der Waals surface area contributed by atoms with E-state index < -0.39 is 10.1 Å². The molecule has 0 aliphatic rings. The van der Waals surface area contributed by atoms with Gasteiger partial charge in [0, 0.05) is 30.2 Å². The number of benzene rings is 2. The van der Waals surface area contributed by atoms with Crippen molar-refractivity contribution in [2.45, 2.75) is 25.3 Å². The van der Waals surface area contributed by atoms with E-state index >= 15 is 0 Å². The van der Waals surface area contributed by atoms with Gasteiger partial charge in [-0.25, -0.2) is 4.39 Å². The van der Waals surface area contributed by atoms with E-state index in [2.05, 4.69) is 5.10 Å². The highest BCUT2D eigenvalue weighted by Gasteiger charge is 2.18. The molecule has 0 saturated heterocycles. The zero-order valence-electron chi connectivity index (χ0n) is 14.9. The van der Waals surface area contributed by atoms with Gasteiger partial charge in [0.1, 0.15) is 12.4 Å². The van der Waals surface area contributed by atoms with Crippen molar-refractivity contribution in [2.24, 2.45) is 0 Å². The third kappa shape index (κ3) is 5.25. The van der Waals surface area contributed by atoms with Crippen LogP contribution in [0.4, 0.5) is 10.1 Å². The zero-order chi connectivity index (χ0) is 20.2. The Morgan fingerprint density at radius 2 is 1.74 bits per heavy atom. The van der Waals surface area contributed by atoms with Gasteiger partial charge in [-0.1, -0.05) is 18.2 Å². The Kier molecular flexibility index (Phi) is 6.13. The lowest BCUT2D eigenvalue weighted by Crippen LogP contribution is -2.48. The lowest BCUT2D eigenvalue weighted by molar-refractivity contribution is -0.652. The smallest absolute Gasteiger partial charge is 0.295 e. The minimum absolute atomic E-state index is 0.147. The van der Waals surface area contributed by atoms with E-state index in [4.69, 9.17) is 16.1 Å². The van der Waals surface area contributed by atoms with Gasteiger partial charge in [0.05, 0.1) is 4.90 Å². The van der Waals surface area contributed by atoms with Gasteiger partial charge in [-0.2, -0.15) is 8.42 Å². The minimum Gasteiger partial charge on any atom is -0.399 e. The van der Waals surface area contributed by atoms with Crippen molar-refractivity contribution >= 4 is 15.8 Å². The van der Waals surface area contributed by atoms with Gasteiger partial charge in [-0.05, 0) is 30.3 Å². The highest BCUT2D eigenvalue weighted by Crippen LogP contribution is 2.10. The number of nitrogens with two attached hydrogens (primary N) is 2. The van der Waals surface area contributed by atoms with Gasteiger partial charge in [0.25, 0.3) is 21.8 Å². The van der Waals surface area contributed by atoms with E-state index in [1.807, 2.05) is 13.8 Å². The van der Waals surface area contributed by atoms with Gasteiger partial charge in [0.2, 0.25) is 0 Å². The summed E-state index contributed by atoms with van der Waals surface area (Å²) in [5.41, 5.74) is 6.35. The van der Waals surface area contributed by atoms with Gasteiger partial charge < -0.3 is 5.73 Å². The van der Waals surface area contributed by atoms with Crippen LogP contribution in [0, 0.1) is 19.7 Å². The molecule has 0 spiro atoms. The number of anilines is 1. The van der Waals surface area contributed by atoms with Crippen molar-refractivity contribution in [1.29, 1.82) is 0 Å². The van der Waals surface area contributed by atoms with E-state index in [0.29, 0.717) is 23.6 Å². The maximum atomic E-state index is 13.4. The third-order valence-electron chi connectivity index (χ3n) is 3.79. The van der Waals surface area contributed by atoms with Crippen LogP contribution >= 0.6 is 0 Å². The summed E-state index contributed by atoms with van der Waals surface area (Å²) in [5, 5.41) is 4.23. The molecule has 0 aliphatic carbocycles. The Balaban J connectivity index is 0.000000208. The monoisotopic (exact) mass is 394 g/mol. The number of aryl methyl sites for hydroxylation is 1. The van der Waals surface area contributed by atoms with Crippen LogP contribution in [0.25, 0.3) is 0 Å². The first-order valence-electron chi connectivity index (χ1n) is 7.87. The number of rotatable bonds is 3. The van der Waals surface area contributed by atoms with Gasteiger partial charge >= 0.3 is 0 Å². The van der Waals surface area contributed by atoms with Crippen molar-refractivity contribution in [1.82, 2.24) is 9.78 Å². The molecule has 2 aromatic carbocycles. The topological polar surface area (TPSA) is 128 Å². The average Bonchev–Trinajstić information content (AvgIpc) is 2.84. The molecule has 0 unspecified atom stereocenters. The van der Waals surface area contributed by atoms with Crippen LogP contribution in [0.2, 0.25) is 0 Å². The highest BCUT2D eigenvalue weighted by molar-refractivity contribution is 7.85. The second-order valence-corrected chi connectivity index (χ2v) is 7.18. The molecule has 0 atom stereocenters. The fraction of sp³-hybridized carbons (Fsp3) is 0.176. The van der Waals surface area contributed by atoms with Crippen molar-refractivity contribution in [3.8, 4) is 0 Å². The lowest BCUT2D eigenvalue weighted by atomic mass is 10.2. The van der Waals surface area contributed by atoms with Crippen LogP contribution in [0.5, 0.6) is 0 Å². The Bertz CT molecular complexity index is 1030. The summed E-state index contributed by atoms with van der Waals surface area (Å²) in [6, 6.07) is 12.0. The predicted octanol–water partition coefficient (Wildman–Crippen LogP) is 1.20. The van der Waals surface area contributed by atoms with Crippen LogP contribution in [0.1, 0.15) is 17.2 Å². The number of halogens is 1. The standard InChI is InChI=1S/C11H14FN4.C6H7NO3S/c1-8-14-15(9(2)16(8)13)7-10-5-3-4-6-11(10)12;7-5-1-3-6(4-2-5)11(8,9)10/h3-6H,7,13H2,1-2H3;1-4H,7H2,(H,8,9,10)/q+1;. The van der Waals surface area contributed by atoms with Gasteiger partial charge in [-0.15, -0.1) is 9.36 Å². The molecule has 3 rings (SSSR count). The summed E-state index contributed by atoms with van der Waals surface area (Å²) in [5.74, 6) is 7.01. The van der Waals surface area contributed by atoms with Crippen LogP contribution in [0.3, 0.4) is 0 Å². The predicted molar refractivity (Wildman–Crippen MR) is 98.2 cm³/mol. The highest BCUT2D eigenvalue weighted by atomic mass is 32.2. The van der Waals surface area contributed by atoms with E-state index in [-0.39, 0.29) is 10.7 Å². The summed E-state index contributed by atoms with van der Waals surface area (Å²) in [7, 11) is -4.08. The molecule has 0 saturated carbocycles. The summed E-state index contributed by atoms with van der Waals surface area (Å²) in [6.45, 7) is 4.05. The molecule has 5 N–H and O–H groups in total. The molecule has 3 aromatic rings. The zero-order valence-corrected chi connectivity index (χ0v) is 15.7. The largest absolute Gasteiger partial charge is 0.399 e. The maximum absolute atomic E-state index is 13.4. The van der Waals surface area contributed by atoms with E-state index in [9.17, 15) is 12.8 Å². The molecule has 0 bridgehead atoms. The molecular formula is C17H21FN5O3S+. The number of nitrogen functional groups attached to an aromatic ring is 2. The number of hydrogen-bond donors (Lipinski definition) is 3. The average molecular weight is 394 g/mol. The van der Waals surface area contributed by atoms with Crippen LogP contribution in [0.15, 0.2) is 53.4 Å². The molecule has 8 nitrogen and oxygen atoms in total. The van der Waals surface area contributed by atoms with Crippen molar-refractivity contribution in [3.63, 3.8) is 0 Å². The quantitative estimate of drug-likeness (QED) is 0.265. The second kappa shape index (κ2) is 8.14. The molecular weight excluding hydrogens is 373 g/mol. The SMILES string of the molecule is Cc1nn(Cc2ccccc2F)c(C)[n+]1N.Nc1ccc(S(=O)(=O)O)cc1. The molecule has 144 valence electrons. The Hall–Kier alpha value is -2.98. The van der Waals surface area contributed by atoms with E-state index in [1.165, 1.54) is 35.0 Å². The fourth-order valence-electron chi connectivity index (χ4n) is 2.23. The van der Waals surface area contributed by atoms with Crippen molar-refractivity contribution in [3.05, 3.63) is 71.6 Å². The molecule has 27 heavy (non-hydrogen) atoms. The first-order valence-corrected chi connectivity index (χ1v) is 9.31. The van der Waals surface area contributed by atoms with Crippen LogP contribution in [-0.2, 0) is 16.7 Å². The Labute approximate surface area is 156 Å². The first-order chi connectivity index (χ1) is 12.6. The fourth-order valence-corrected chi connectivity index (χ4v) is 2.71.